The van der Waals surface area contributed by atoms with Gasteiger partial charge in [0, 0.05) is 23.3 Å². The van der Waals surface area contributed by atoms with Gasteiger partial charge in [0.2, 0.25) is 0 Å². The fraction of sp³-hybridized carbons (Fsp3) is 0.158. The lowest BCUT2D eigenvalue weighted by atomic mass is 9.87. The second-order valence-electron chi connectivity index (χ2n) is 5.39. The minimum absolute atomic E-state index is 0.0591. The quantitative estimate of drug-likeness (QED) is 0.736. The lowest BCUT2D eigenvalue weighted by Gasteiger charge is -2.16. The Morgan fingerprint density at radius 1 is 1.04 bits per heavy atom. The van der Waals surface area contributed by atoms with Gasteiger partial charge in [0.15, 0.2) is 5.78 Å². The van der Waals surface area contributed by atoms with Crippen molar-refractivity contribution in [2.45, 2.75) is 12.3 Å². The van der Waals surface area contributed by atoms with Crippen LogP contribution in [0.15, 0.2) is 69.9 Å². The fourth-order valence-corrected chi connectivity index (χ4v) is 2.71. The smallest absolute Gasteiger partial charge is 0.340 e. The van der Waals surface area contributed by atoms with Gasteiger partial charge in [0.25, 0.3) is 0 Å². The molecule has 0 saturated carbocycles. The SMILES string of the molecule is O=C(CO)CC(c1ccccc1)c1cc2ccccc2oc1=O. The molecular formula is C19H16O4. The molecule has 116 valence electrons. The monoisotopic (exact) mass is 308 g/mol. The van der Waals surface area contributed by atoms with Crippen LogP contribution in [-0.4, -0.2) is 17.5 Å². The van der Waals surface area contributed by atoms with Gasteiger partial charge in [-0.1, -0.05) is 48.5 Å². The van der Waals surface area contributed by atoms with E-state index in [1.54, 1.807) is 18.2 Å². The first-order chi connectivity index (χ1) is 11.2. The van der Waals surface area contributed by atoms with Crippen LogP contribution in [0.3, 0.4) is 0 Å². The normalized spacial score (nSPS) is 12.2. The zero-order chi connectivity index (χ0) is 16.2. The fourth-order valence-electron chi connectivity index (χ4n) is 2.71. The van der Waals surface area contributed by atoms with E-state index in [4.69, 9.17) is 9.52 Å². The lowest BCUT2D eigenvalue weighted by Crippen LogP contribution is -2.18. The summed E-state index contributed by atoms with van der Waals surface area (Å²) in [7, 11) is 0. The van der Waals surface area contributed by atoms with Gasteiger partial charge in [-0.05, 0) is 17.7 Å². The van der Waals surface area contributed by atoms with E-state index in [1.807, 2.05) is 42.5 Å². The third-order valence-corrected chi connectivity index (χ3v) is 3.85. The summed E-state index contributed by atoms with van der Waals surface area (Å²) in [4.78, 5) is 24.1. The van der Waals surface area contributed by atoms with E-state index in [9.17, 15) is 9.59 Å². The zero-order valence-electron chi connectivity index (χ0n) is 12.4. The van der Waals surface area contributed by atoms with E-state index in [0.29, 0.717) is 11.1 Å². The van der Waals surface area contributed by atoms with E-state index in [1.165, 1.54) is 0 Å². The second kappa shape index (κ2) is 6.58. The number of carbonyl (C=O) groups is 1. The van der Waals surface area contributed by atoms with Crippen molar-refractivity contribution < 1.29 is 14.3 Å². The van der Waals surface area contributed by atoms with Gasteiger partial charge in [0.05, 0.1) is 0 Å². The second-order valence-corrected chi connectivity index (χ2v) is 5.39. The lowest BCUT2D eigenvalue weighted by molar-refractivity contribution is -0.121. The average molecular weight is 308 g/mol. The van der Waals surface area contributed by atoms with Gasteiger partial charge in [-0.25, -0.2) is 4.79 Å². The molecule has 0 spiro atoms. The molecule has 1 heterocycles. The van der Waals surface area contributed by atoms with Crippen LogP contribution in [-0.2, 0) is 4.79 Å². The maximum atomic E-state index is 12.4. The molecule has 3 rings (SSSR count). The first kappa shape index (κ1) is 15.2. The Kier molecular flexibility index (Phi) is 4.35. The molecular weight excluding hydrogens is 292 g/mol. The van der Waals surface area contributed by atoms with E-state index in [2.05, 4.69) is 0 Å². The molecule has 0 aliphatic heterocycles. The molecule has 0 radical (unpaired) electrons. The summed E-state index contributed by atoms with van der Waals surface area (Å²) < 4.78 is 5.38. The van der Waals surface area contributed by atoms with Crippen molar-refractivity contribution in [1.82, 2.24) is 0 Å². The van der Waals surface area contributed by atoms with Crippen molar-refractivity contribution in [3.05, 3.63) is 82.2 Å². The van der Waals surface area contributed by atoms with E-state index < -0.39 is 18.2 Å². The molecule has 0 fully saturated rings. The van der Waals surface area contributed by atoms with Gasteiger partial charge >= 0.3 is 5.63 Å². The Labute approximate surface area is 133 Å². The molecule has 0 aliphatic rings. The number of ketones is 1. The van der Waals surface area contributed by atoms with Crippen LogP contribution in [0.4, 0.5) is 0 Å². The van der Waals surface area contributed by atoms with E-state index in [0.717, 1.165) is 10.9 Å². The molecule has 0 aliphatic carbocycles. The zero-order valence-corrected chi connectivity index (χ0v) is 12.4. The molecule has 3 aromatic rings. The highest BCUT2D eigenvalue weighted by atomic mass is 16.4. The first-order valence-electron chi connectivity index (χ1n) is 7.39. The molecule has 0 bridgehead atoms. The molecule has 1 unspecified atom stereocenters. The number of Topliss-reactive ketones (excluding diaryl/α,β-unsaturated/α-hetero) is 1. The topological polar surface area (TPSA) is 67.5 Å². The highest BCUT2D eigenvalue weighted by Crippen LogP contribution is 2.28. The van der Waals surface area contributed by atoms with Crippen molar-refractivity contribution in [2.24, 2.45) is 0 Å². The summed E-state index contributed by atoms with van der Waals surface area (Å²) in [5.41, 5.74) is 1.33. The minimum atomic E-state index is -0.539. The maximum Gasteiger partial charge on any atom is 0.340 e. The molecule has 4 heteroatoms. The van der Waals surface area contributed by atoms with Crippen LogP contribution >= 0.6 is 0 Å². The van der Waals surface area contributed by atoms with Crippen molar-refractivity contribution in [3.8, 4) is 0 Å². The van der Waals surface area contributed by atoms with Gasteiger partial charge < -0.3 is 9.52 Å². The Hall–Kier alpha value is -2.72. The first-order valence-corrected chi connectivity index (χ1v) is 7.39. The third-order valence-electron chi connectivity index (χ3n) is 3.85. The molecule has 1 aromatic heterocycles. The minimum Gasteiger partial charge on any atom is -0.423 e. The molecule has 0 amide bonds. The Morgan fingerprint density at radius 2 is 1.74 bits per heavy atom. The summed E-state index contributed by atoms with van der Waals surface area (Å²) in [6.45, 7) is -0.539. The van der Waals surface area contributed by atoms with E-state index in [-0.39, 0.29) is 12.2 Å². The maximum absolute atomic E-state index is 12.4. The summed E-state index contributed by atoms with van der Waals surface area (Å²) in [6.07, 6.45) is 0.0591. The number of aliphatic hydroxyl groups excluding tert-OH is 1. The Balaban J connectivity index is 2.14. The Morgan fingerprint density at radius 3 is 2.48 bits per heavy atom. The standard InChI is InChI=1S/C19H16O4/c20-12-15(21)11-16(13-6-2-1-3-7-13)17-10-14-8-4-5-9-18(14)23-19(17)22/h1-10,16,20H,11-12H2. The largest absolute Gasteiger partial charge is 0.423 e. The van der Waals surface area contributed by atoms with Gasteiger partial charge in [0.1, 0.15) is 12.2 Å². The number of hydrogen-bond donors (Lipinski definition) is 1. The Bertz CT molecular complexity index is 881. The predicted octanol–water partition coefficient (Wildman–Crippen LogP) is 2.88. The van der Waals surface area contributed by atoms with Crippen LogP contribution in [0.5, 0.6) is 0 Å². The molecule has 2 aromatic carbocycles. The molecule has 1 N–H and O–H groups in total. The number of hydrogen-bond acceptors (Lipinski definition) is 4. The summed E-state index contributed by atoms with van der Waals surface area (Å²) in [6, 6.07) is 18.3. The number of para-hydroxylation sites is 1. The average Bonchev–Trinajstić information content (AvgIpc) is 2.60. The number of carbonyl (C=O) groups excluding carboxylic acids is 1. The van der Waals surface area contributed by atoms with Gasteiger partial charge in [-0.2, -0.15) is 0 Å². The van der Waals surface area contributed by atoms with Crippen molar-refractivity contribution in [2.75, 3.05) is 6.61 Å². The van der Waals surface area contributed by atoms with Crippen LogP contribution in [0.25, 0.3) is 11.0 Å². The number of benzene rings is 2. The third kappa shape index (κ3) is 3.22. The molecule has 4 nitrogen and oxygen atoms in total. The summed E-state index contributed by atoms with van der Waals surface area (Å²) >= 11 is 0. The van der Waals surface area contributed by atoms with Crippen molar-refractivity contribution in [1.29, 1.82) is 0 Å². The van der Waals surface area contributed by atoms with Crippen molar-refractivity contribution in [3.63, 3.8) is 0 Å². The van der Waals surface area contributed by atoms with E-state index >= 15 is 0 Å². The number of aliphatic hydroxyl groups is 1. The van der Waals surface area contributed by atoms with Crippen LogP contribution in [0.1, 0.15) is 23.5 Å². The molecule has 23 heavy (non-hydrogen) atoms. The highest BCUT2D eigenvalue weighted by Gasteiger charge is 2.22. The van der Waals surface area contributed by atoms with Crippen LogP contribution in [0, 0.1) is 0 Å². The molecule has 1 atom stereocenters. The van der Waals surface area contributed by atoms with Gasteiger partial charge in [-0.15, -0.1) is 0 Å². The molecule has 0 saturated heterocycles. The van der Waals surface area contributed by atoms with Crippen LogP contribution in [0.2, 0.25) is 0 Å². The summed E-state index contributed by atoms with van der Waals surface area (Å²) in [5.74, 6) is -0.747. The predicted molar refractivity (Wildman–Crippen MR) is 87.5 cm³/mol. The number of rotatable bonds is 5. The highest BCUT2D eigenvalue weighted by molar-refractivity contribution is 5.81. The summed E-state index contributed by atoms with van der Waals surface area (Å²) in [5, 5.41) is 9.87. The van der Waals surface area contributed by atoms with Crippen molar-refractivity contribution >= 4 is 16.8 Å². The van der Waals surface area contributed by atoms with Crippen LogP contribution < -0.4 is 5.63 Å². The number of fused-ring (bicyclic) bond motifs is 1. The van der Waals surface area contributed by atoms with Gasteiger partial charge in [-0.3, -0.25) is 4.79 Å².